The van der Waals surface area contributed by atoms with Gasteiger partial charge in [-0.2, -0.15) is 0 Å². The van der Waals surface area contributed by atoms with Gasteiger partial charge in [0, 0.05) is 0 Å². The Labute approximate surface area is 172 Å². The average molecular weight is 396 g/mol. The minimum absolute atomic E-state index is 0.0164. The summed E-state index contributed by atoms with van der Waals surface area (Å²) < 4.78 is 16.5. The first kappa shape index (κ1) is 20.9. The first-order valence-electron chi connectivity index (χ1n) is 10.4. The summed E-state index contributed by atoms with van der Waals surface area (Å²) in [5, 5.41) is 0. The highest BCUT2D eigenvalue weighted by Gasteiger charge is 2.19. The fourth-order valence-corrected chi connectivity index (χ4v) is 3.25. The topological polar surface area (TPSA) is 61.8 Å². The van der Waals surface area contributed by atoms with Crippen LogP contribution in [0.25, 0.3) is 0 Å². The van der Waals surface area contributed by atoms with Crippen LogP contribution in [0.1, 0.15) is 72.6 Å². The van der Waals surface area contributed by atoms with Gasteiger partial charge in [-0.05, 0) is 80.6 Å². The van der Waals surface area contributed by atoms with Crippen molar-refractivity contribution in [1.82, 2.24) is 0 Å². The molecule has 154 valence electrons. The van der Waals surface area contributed by atoms with Crippen molar-refractivity contribution in [2.75, 3.05) is 6.61 Å². The van der Waals surface area contributed by atoms with Gasteiger partial charge >= 0.3 is 11.9 Å². The van der Waals surface area contributed by atoms with Crippen molar-refractivity contribution >= 4 is 11.9 Å². The van der Waals surface area contributed by atoms with Crippen molar-refractivity contribution in [3.8, 4) is 11.5 Å². The van der Waals surface area contributed by atoms with Gasteiger partial charge in [-0.1, -0.05) is 19.8 Å². The Morgan fingerprint density at radius 2 is 1.41 bits per heavy atom. The summed E-state index contributed by atoms with van der Waals surface area (Å²) >= 11 is 0. The van der Waals surface area contributed by atoms with Crippen LogP contribution in [0.3, 0.4) is 0 Å². The Morgan fingerprint density at radius 1 is 0.828 bits per heavy atom. The number of rotatable bonds is 8. The molecule has 2 aromatic carbocycles. The van der Waals surface area contributed by atoms with Crippen LogP contribution < -0.4 is 9.47 Å². The summed E-state index contributed by atoms with van der Waals surface area (Å²) in [6.07, 6.45) is 7.38. The van der Waals surface area contributed by atoms with E-state index in [0.717, 1.165) is 44.3 Å². The first-order chi connectivity index (χ1) is 14.2. The summed E-state index contributed by atoms with van der Waals surface area (Å²) in [6, 6.07) is 13.3. The number of benzene rings is 2. The predicted octanol–water partition coefficient (Wildman–Crippen LogP) is 5.57. The Hall–Kier alpha value is -2.82. The maximum absolute atomic E-state index is 12.3. The zero-order valence-corrected chi connectivity index (χ0v) is 16.9. The number of hydrogen-bond acceptors (Lipinski definition) is 5. The van der Waals surface area contributed by atoms with Gasteiger partial charge in [0.15, 0.2) is 0 Å². The fraction of sp³-hybridized carbons (Fsp3) is 0.417. The fourth-order valence-electron chi connectivity index (χ4n) is 3.25. The van der Waals surface area contributed by atoms with Gasteiger partial charge < -0.3 is 14.2 Å². The van der Waals surface area contributed by atoms with Crippen LogP contribution in [0.5, 0.6) is 11.5 Å². The molecule has 1 aliphatic rings. The van der Waals surface area contributed by atoms with E-state index in [1.165, 1.54) is 6.42 Å². The predicted molar refractivity (Wildman–Crippen MR) is 111 cm³/mol. The number of ether oxygens (including phenoxy) is 3. The molecule has 1 aliphatic carbocycles. The first-order valence-corrected chi connectivity index (χ1v) is 10.4. The Morgan fingerprint density at radius 3 is 2.03 bits per heavy atom. The molecular weight excluding hydrogens is 368 g/mol. The molecule has 0 aromatic heterocycles. The lowest BCUT2D eigenvalue weighted by molar-refractivity contribution is 0.0211. The molecule has 5 nitrogen and oxygen atoms in total. The molecule has 1 saturated carbocycles. The third kappa shape index (κ3) is 6.34. The molecule has 3 rings (SSSR count). The summed E-state index contributed by atoms with van der Waals surface area (Å²) in [6.45, 7) is 2.77. The molecule has 0 N–H and O–H groups in total. The van der Waals surface area contributed by atoms with Crippen LogP contribution in [0.15, 0.2) is 48.5 Å². The number of unbranched alkanes of at least 4 members (excludes halogenated alkanes) is 1. The summed E-state index contributed by atoms with van der Waals surface area (Å²) in [5.74, 6) is 0.333. The van der Waals surface area contributed by atoms with Gasteiger partial charge in [-0.15, -0.1) is 0 Å². The minimum Gasteiger partial charge on any atom is -0.494 e. The standard InChI is InChI=1S/C24H28O5/c1-2-3-17-27-20-13-9-18(10-14-20)24(26)29-22-15-11-19(12-16-22)23(25)28-21-7-5-4-6-8-21/h9-16,21H,2-8,17H2,1H3. The molecule has 0 unspecified atom stereocenters. The van der Waals surface area contributed by atoms with Crippen LogP contribution in [0.4, 0.5) is 0 Å². The molecule has 0 radical (unpaired) electrons. The molecule has 29 heavy (non-hydrogen) atoms. The Kier molecular flexibility index (Phi) is 7.68. The molecule has 0 amide bonds. The van der Waals surface area contributed by atoms with E-state index >= 15 is 0 Å². The van der Waals surface area contributed by atoms with Crippen LogP contribution >= 0.6 is 0 Å². The highest BCUT2D eigenvalue weighted by Crippen LogP contribution is 2.22. The largest absolute Gasteiger partial charge is 0.494 e. The molecule has 0 spiro atoms. The second-order valence-electron chi connectivity index (χ2n) is 7.31. The lowest BCUT2D eigenvalue weighted by atomic mass is 9.98. The van der Waals surface area contributed by atoms with Gasteiger partial charge in [0.25, 0.3) is 0 Å². The van der Waals surface area contributed by atoms with Gasteiger partial charge in [0.1, 0.15) is 17.6 Å². The normalized spacial score (nSPS) is 14.2. The average Bonchev–Trinajstić information content (AvgIpc) is 2.75. The zero-order valence-electron chi connectivity index (χ0n) is 16.9. The molecule has 0 atom stereocenters. The van der Waals surface area contributed by atoms with Crippen molar-refractivity contribution in [2.24, 2.45) is 0 Å². The maximum Gasteiger partial charge on any atom is 0.343 e. The molecule has 0 saturated heterocycles. The number of hydrogen-bond donors (Lipinski definition) is 0. The number of carbonyl (C=O) groups is 2. The Balaban J connectivity index is 1.52. The minimum atomic E-state index is -0.456. The smallest absolute Gasteiger partial charge is 0.343 e. The van der Waals surface area contributed by atoms with Crippen molar-refractivity contribution < 1.29 is 23.8 Å². The quantitative estimate of drug-likeness (QED) is 0.331. The zero-order chi connectivity index (χ0) is 20.5. The van der Waals surface area contributed by atoms with Crippen LogP contribution in [0, 0.1) is 0 Å². The van der Waals surface area contributed by atoms with E-state index in [9.17, 15) is 9.59 Å². The van der Waals surface area contributed by atoms with Crippen molar-refractivity contribution in [1.29, 1.82) is 0 Å². The van der Waals surface area contributed by atoms with Gasteiger partial charge in [0.2, 0.25) is 0 Å². The van der Waals surface area contributed by atoms with Gasteiger partial charge in [0.05, 0.1) is 17.7 Å². The highest BCUT2D eigenvalue weighted by molar-refractivity contribution is 5.92. The van der Waals surface area contributed by atoms with Crippen molar-refractivity contribution in [3.05, 3.63) is 59.7 Å². The third-order valence-corrected chi connectivity index (χ3v) is 4.98. The number of carbonyl (C=O) groups excluding carboxylic acids is 2. The molecule has 1 fully saturated rings. The van der Waals surface area contributed by atoms with E-state index in [1.54, 1.807) is 48.5 Å². The van der Waals surface area contributed by atoms with Crippen LogP contribution in [-0.4, -0.2) is 24.6 Å². The van der Waals surface area contributed by atoms with E-state index < -0.39 is 5.97 Å². The Bertz CT molecular complexity index is 789. The molecule has 5 heteroatoms. The van der Waals surface area contributed by atoms with Crippen LogP contribution in [-0.2, 0) is 4.74 Å². The molecule has 2 aromatic rings. The van der Waals surface area contributed by atoms with Crippen molar-refractivity contribution in [3.63, 3.8) is 0 Å². The SMILES string of the molecule is CCCCOc1ccc(C(=O)Oc2ccc(C(=O)OC3CCCCC3)cc2)cc1. The second kappa shape index (κ2) is 10.6. The van der Waals surface area contributed by atoms with Crippen LogP contribution in [0.2, 0.25) is 0 Å². The van der Waals surface area contributed by atoms with E-state index in [2.05, 4.69) is 6.92 Å². The van der Waals surface area contributed by atoms with E-state index in [-0.39, 0.29) is 12.1 Å². The maximum atomic E-state index is 12.3. The van der Waals surface area contributed by atoms with E-state index in [1.807, 2.05) is 0 Å². The van der Waals surface area contributed by atoms with Crippen molar-refractivity contribution in [2.45, 2.75) is 58.0 Å². The highest BCUT2D eigenvalue weighted by atomic mass is 16.5. The third-order valence-electron chi connectivity index (χ3n) is 4.98. The van der Waals surface area contributed by atoms with Gasteiger partial charge in [-0.3, -0.25) is 0 Å². The molecule has 0 bridgehead atoms. The summed E-state index contributed by atoms with van der Waals surface area (Å²) in [4.78, 5) is 24.6. The summed E-state index contributed by atoms with van der Waals surface area (Å²) in [7, 11) is 0. The number of esters is 2. The summed E-state index contributed by atoms with van der Waals surface area (Å²) in [5.41, 5.74) is 0.901. The van der Waals surface area contributed by atoms with Gasteiger partial charge in [-0.25, -0.2) is 9.59 Å². The molecular formula is C24H28O5. The lowest BCUT2D eigenvalue weighted by Gasteiger charge is -2.21. The monoisotopic (exact) mass is 396 g/mol. The lowest BCUT2D eigenvalue weighted by Crippen LogP contribution is -2.20. The van der Waals surface area contributed by atoms with E-state index in [4.69, 9.17) is 14.2 Å². The van der Waals surface area contributed by atoms with E-state index in [0.29, 0.717) is 23.5 Å². The molecule has 0 heterocycles. The second-order valence-corrected chi connectivity index (χ2v) is 7.31. The molecule has 0 aliphatic heterocycles.